The molecule has 0 bridgehead atoms. The third-order valence-electron chi connectivity index (χ3n) is 4.89. The molecule has 0 aliphatic carbocycles. The van der Waals surface area contributed by atoms with Gasteiger partial charge in [-0.25, -0.2) is 9.18 Å². The van der Waals surface area contributed by atoms with E-state index < -0.39 is 17.5 Å². The number of Topliss-reactive ketones (excluding diaryl/α,β-unsaturated/α-hetero) is 1. The minimum absolute atomic E-state index is 0.0384. The minimum atomic E-state index is -0.689. The Morgan fingerprint density at radius 3 is 2.65 bits per heavy atom. The number of benzene rings is 1. The first-order chi connectivity index (χ1) is 14.6. The van der Waals surface area contributed by atoms with Gasteiger partial charge in [0.05, 0.1) is 17.9 Å². The van der Waals surface area contributed by atoms with Crippen LogP contribution in [0.5, 0.6) is 0 Å². The largest absolute Gasteiger partial charge is 0.469 e. The number of esters is 1. The molecule has 0 N–H and O–H groups in total. The van der Waals surface area contributed by atoms with Crippen LogP contribution in [0.3, 0.4) is 0 Å². The highest BCUT2D eigenvalue weighted by Gasteiger charge is 2.29. The zero-order chi connectivity index (χ0) is 22.8. The van der Waals surface area contributed by atoms with E-state index in [-0.39, 0.29) is 29.8 Å². The second-order valence-corrected chi connectivity index (χ2v) is 9.47. The number of fused-ring (bicyclic) bond motifs is 1. The van der Waals surface area contributed by atoms with Gasteiger partial charge in [0.25, 0.3) is 0 Å². The summed E-state index contributed by atoms with van der Waals surface area (Å²) >= 11 is 1.38. The van der Waals surface area contributed by atoms with Gasteiger partial charge >= 0.3 is 12.1 Å². The van der Waals surface area contributed by atoms with E-state index in [1.807, 2.05) is 5.41 Å². The zero-order valence-electron chi connectivity index (χ0n) is 18.1. The molecular weight excluding hydrogens is 421 g/mol. The van der Waals surface area contributed by atoms with Crippen LogP contribution in [0.25, 0.3) is 16.5 Å². The molecule has 0 radical (unpaired) electrons. The summed E-state index contributed by atoms with van der Waals surface area (Å²) in [5.74, 6) is -0.735. The van der Waals surface area contributed by atoms with Crippen LogP contribution in [0.15, 0.2) is 29.8 Å². The average molecular weight is 448 g/mol. The molecule has 3 rings (SSSR count). The summed E-state index contributed by atoms with van der Waals surface area (Å²) in [4.78, 5) is 36.4. The van der Waals surface area contributed by atoms with Crippen molar-refractivity contribution in [3.8, 4) is 0 Å². The summed E-state index contributed by atoms with van der Waals surface area (Å²) in [6, 6.07) is 4.57. The van der Waals surface area contributed by atoms with Crippen LogP contribution >= 0.6 is 11.8 Å². The summed E-state index contributed by atoms with van der Waals surface area (Å²) in [5, 5.41) is 1.89. The van der Waals surface area contributed by atoms with Crippen molar-refractivity contribution in [2.75, 3.05) is 7.11 Å². The number of methoxy groups -OCH3 is 1. The fourth-order valence-corrected chi connectivity index (χ4v) is 4.54. The molecule has 0 fully saturated rings. The molecule has 1 unspecified atom stereocenters. The molecular formula is C23H26FNO5S. The Bertz CT molecular complexity index is 1050. The Labute approximate surface area is 184 Å². The predicted octanol–water partition coefficient (Wildman–Crippen LogP) is 5.32. The second kappa shape index (κ2) is 9.26. The van der Waals surface area contributed by atoms with E-state index in [1.165, 1.54) is 29.5 Å². The Morgan fingerprint density at radius 1 is 1.23 bits per heavy atom. The van der Waals surface area contributed by atoms with Crippen molar-refractivity contribution in [2.24, 2.45) is 0 Å². The highest BCUT2D eigenvalue weighted by molar-refractivity contribution is 8.03. The van der Waals surface area contributed by atoms with Crippen LogP contribution in [-0.4, -0.2) is 40.4 Å². The van der Waals surface area contributed by atoms with E-state index in [2.05, 4.69) is 4.74 Å². The van der Waals surface area contributed by atoms with Gasteiger partial charge in [0.15, 0.2) is 0 Å². The zero-order valence-corrected chi connectivity index (χ0v) is 18.9. The van der Waals surface area contributed by atoms with Gasteiger partial charge in [-0.15, -0.1) is 11.8 Å². The Hall–Kier alpha value is -2.61. The first-order valence-electron chi connectivity index (χ1n) is 10.1. The summed E-state index contributed by atoms with van der Waals surface area (Å²) < 4.78 is 26.1. The highest BCUT2D eigenvalue weighted by atomic mass is 32.2. The van der Waals surface area contributed by atoms with Crippen molar-refractivity contribution in [3.05, 3.63) is 41.2 Å². The number of aromatic nitrogens is 1. The first-order valence-corrected chi connectivity index (χ1v) is 11.0. The van der Waals surface area contributed by atoms with E-state index in [9.17, 15) is 18.8 Å². The Morgan fingerprint density at radius 2 is 1.97 bits per heavy atom. The average Bonchev–Trinajstić information content (AvgIpc) is 3.32. The SMILES string of the molecule is COC(=O)CCCC(=O)C1CC(c2cn(C(=O)OC(C)(C)C)c3cccc(F)c23)=CS1. The molecule has 0 saturated heterocycles. The Balaban J connectivity index is 1.81. The molecule has 166 valence electrons. The van der Waals surface area contributed by atoms with Gasteiger partial charge in [-0.2, -0.15) is 0 Å². The smallest absolute Gasteiger partial charge is 0.419 e. The predicted molar refractivity (Wildman–Crippen MR) is 118 cm³/mol. The van der Waals surface area contributed by atoms with Crippen LogP contribution in [0.2, 0.25) is 0 Å². The molecule has 0 saturated carbocycles. The van der Waals surface area contributed by atoms with Crippen LogP contribution in [0.1, 0.15) is 52.0 Å². The van der Waals surface area contributed by atoms with Crippen LogP contribution in [-0.2, 0) is 19.1 Å². The lowest BCUT2D eigenvalue weighted by Crippen LogP contribution is -2.26. The van der Waals surface area contributed by atoms with Crippen molar-refractivity contribution in [1.29, 1.82) is 0 Å². The molecule has 6 nitrogen and oxygen atoms in total. The maximum atomic E-state index is 14.7. The Kier molecular flexibility index (Phi) is 6.89. The maximum absolute atomic E-state index is 14.7. The van der Waals surface area contributed by atoms with E-state index >= 15 is 0 Å². The quantitative estimate of drug-likeness (QED) is 0.558. The normalized spacial score (nSPS) is 16.3. The monoisotopic (exact) mass is 447 g/mol. The van der Waals surface area contributed by atoms with Gasteiger partial charge in [-0.1, -0.05) is 6.07 Å². The van der Waals surface area contributed by atoms with Crippen LogP contribution in [0.4, 0.5) is 9.18 Å². The summed E-state index contributed by atoms with van der Waals surface area (Å²) in [6.07, 6.45) is 2.35. The number of carbonyl (C=O) groups is 3. The number of nitrogens with zero attached hydrogens (tertiary/aromatic N) is 1. The van der Waals surface area contributed by atoms with Crippen molar-refractivity contribution in [3.63, 3.8) is 0 Å². The molecule has 2 heterocycles. The summed E-state index contributed by atoms with van der Waals surface area (Å²) in [6.45, 7) is 5.31. The van der Waals surface area contributed by atoms with E-state index in [0.717, 1.165) is 5.57 Å². The van der Waals surface area contributed by atoms with Gasteiger partial charge in [0.1, 0.15) is 17.2 Å². The van der Waals surface area contributed by atoms with E-state index in [0.29, 0.717) is 29.3 Å². The highest BCUT2D eigenvalue weighted by Crippen LogP contribution is 2.41. The van der Waals surface area contributed by atoms with Gasteiger partial charge in [0, 0.05) is 30.0 Å². The summed E-state index contributed by atoms with van der Waals surface area (Å²) in [5.41, 5.74) is 1.11. The molecule has 1 aromatic heterocycles. The number of thioether (sulfide) groups is 1. The molecule has 1 aliphatic rings. The fraction of sp³-hybridized carbons (Fsp3) is 0.435. The van der Waals surface area contributed by atoms with Crippen LogP contribution in [0, 0.1) is 5.82 Å². The molecule has 0 amide bonds. The summed E-state index contributed by atoms with van der Waals surface area (Å²) in [7, 11) is 1.32. The number of allylic oxidation sites excluding steroid dienone is 1. The van der Waals surface area contributed by atoms with Crippen molar-refractivity contribution >= 4 is 46.1 Å². The van der Waals surface area contributed by atoms with Gasteiger partial charge in [0.2, 0.25) is 0 Å². The number of rotatable bonds is 6. The lowest BCUT2D eigenvalue weighted by atomic mass is 9.99. The number of carbonyl (C=O) groups excluding carboxylic acids is 3. The molecule has 31 heavy (non-hydrogen) atoms. The number of ether oxygens (including phenoxy) is 2. The van der Waals surface area contributed by atoms with Crippen molar-refractivity contribution < 1.29 is 28.2 Å². The standard InChI is InChI=1S/C23H26FNO5S/c1-23(2,3)30-22(28)25-12-15(21-16(24)7-5-8-17(21)25)14-11-19(31-13-14)18(26)9-6-10-20(27)29-4/h5,7-8,12-13,19H,6,9-11H2,1-4H3. The van der Waals surface area contributed by atoms with E-state index in [4.69, 9.17) is 4.74 Å². The minimum Gasteiger partial charge on any atom is -0.469 e. The number of halogens is 1. The molecule has 2 aromatic rings. The molecule has 0 spiro atoms. The molecule has 8 heteroatoms. The van der Waals surface area contributed by atoms with Crippen molar-refractivity contribution in [1.82, 2.24) is 4.57 Å². The lowest BCUT2D eigenvalue weighted by molar-refractivity contribution is -0.140. The van der Waals surface area contributed by atoms with Gasteiger partial charge in [-0.05, 0) is 56.7 Å². The third-order valence-corrected chi connectivity index (χ3v) is 6.06. The van der Waals surface area contributed by atoms with E-state index in [1.54, 1.807) is 39.1 Å². The second-order valence-electron chi connectivity index (χ2n) is 8.40. The maximum Gasteiger partial charge on any atom is 0.419 e. The first kappa shape index (κ1) is 23.1. The number of hydrogen-bond donors (Lipinski definition) is 0. The topological polar surface area (TPSA) is 74.6 Å². The third kappa shape index (κ3) is 5.36. The lowest BCUT2D eigenvalue weighted by Gasteiger charge is -2.19. The van der Waals surface area contributed by atoms with Gasteiger partial charge < -0.3 is 9.47 Å². The van der Waals surface area contributed by atoms with Crippen molar-refractivity contribution in [2.45, 2.75) is 57.3 Å². The molecule has 1 aliphatic heterocycles. The van der Waals surface area contributed by atoms with Gasteiger partial charge in [-0.3, -0.25) is 14.2 Å². The molecule has 1 atom stereocenters. The van der Waals surface area contributed by atoms with Crippen LogP contribution < -0.4 is 0 Å². The molecule has 1 aromatic carbocycles. The number of hydrogen-bond acceptors (Lipinski definition) is 6. The fourth-order valence-electron chi connectivity index (χ4n) is 3.44. The number of ketones is 1.